The van der Waals surface area contributed by atoms with Crippen molar-refractivity contribution in [2.75, 3.05) is 6.61 Å². The number of esters is 1. The second-order valence-corrected chi connectivity index (χ2v) is 7.32. The number of hydrogen-bond donors (Lipinski definition) is 1. The molecule has 1 N–H and O–H groups in total. The highest BCUT2D eigenvalue weighted by molar-refractivity contribution is 9.10. The van der Waals surface area contributed by atoms with Crippen molar-refractivity contribution >= 4 is 39.6 Å². The molecule has 24 heavy (non-hydrogen) atoms. The van der Waals surface area contributed by atoms with E-state index in [9.17, 15) is 14.0 Å². The van der Waals surface area contributed by atoms with E-state index < -0.39 is 29.5 Å². The summed E-state index contributed by atoms with van der Waals surface area (Å²) >= 11 is 9.05. The van der Waals surface area contributed by atoms with Gasteiger partial charge in [-0.15, -0.1) is 0 Å². The Labute approximate surface area is 154 Å². The van der Waals surface area contributed by atoms with Crippen LogP contribution < -0.4 is 5.32 Å². The molecule has 0 aliphatic heterocycles. The highest BCUT2D eigenvalue weighted by atomic mass is 79.9. The zero-order chi connectivity index (χ0) is 18.5. The summed E-state index contributed by atoms with van der Waals surface area (Å²) in [6.45, 7) is 6.93. The maximum absolute atomic E-state index is 14.4. The summed E-state index contributed by atoms with van der Waals surface area (Å²) in [6, 6.07) is 1.85. The van der Waals surface area contributed by atoms with Gasteiger partial charge >= 0.3 is 12.1 Å². The second kappa shape index (κ2) is 8.67. The van der Waals surface area contributed by atoms with Crippen LogP contribution >= 0.6 is 27.5 Å². The molecule has 1 rings (SSSR count). The number of rotatable bonds is 5. The molecule has 0 aliphatic rings. The molecule has 1 aromatic rings. The lowest BCUT2D eigenvalue weighted by Crippen LogP contribution is -2.36. The van der Waals surface area contributed by atoms with Crippen molar-refractivity contribution in [3.8, 4) is 0 Å². The van der Waals surface area contributed by atoms with Crippen LogP contribution in [0, 0.1) is 5.82 Å². The van der Waals surface area contributed by atoms with Crippen molar-refractivity contribution in [1.82, 2.24) is 5.32 Å². The van der Waals surface area contributed by atoms with Gasteiger partial charge in [0, 0.05) is 10.0 Å². The van der Waals surface area contributed by atoms with Crippen molar-refractivity contribution < 1.29 is 23.5 Å². The van der Waals surface area contributed by atoms with Gasteiger partial charge in [0.15, 0.2) is 0 Å². The molecule has 1 aromatic carbocycles. The van der Waals surface area contributed by atoms with E-state index in [1.54, 1.807) is 27.7 Å². The van der Waals surface area contributed by atoms with Gasteiger partial charge in [0.1, 0.15) is 11.4 Å². The summed E-state index contributed by atoms with van der Waals surface area (Å²) in [5.41, 5.74) is -0.667. The van der Waals surface area contributed by atoms with Crippen LogP contribution in [0.4, 0.5) is 9.18 Å². The Bertz CT molecular complexity index is 619. The third-order valence-electron chi connectivity index (χ3n) is 2.76. The Kier molecular flexibility index (Phi) is 7.48. The summed E-state index contributed by atoms with van der Waals surface area (Å²) in [6.07, 6.45) is -1.02. The van der Waals surface area contributed by atoms with Crippen molar-refractivity contribution in [3.63, 3.8) is 0 Å². The number of carbonyl (C=O) groups excluding carboxylic acids is 2. The SMILES string of the molecule is CCOC(=O)C[C@H](NC(=O)OC(C)(C)C)c1cc(Br)cc(Cl)c1F. The topological polar surface area (TPSA) is 64.6 Å². The molecule has 0 aromatic heterocycles. The molecule has 8 heteroatoms. The molecule has 1 atom stereocenters. The Morgan fingerprint density at radius 3 is 2.54 bits per heavy atom. The van der Waals surface area contributed by atoms with E-state index in [1.165, 1.54) is 12.1 Å². The minimum absolute atomic E-state index is 0.0632. The fraction of sp³-hybridized carbons (Fsp3) is 0.500. The standard InChI is InChI=1S/C16H20BrClFNO4/c1-5-23-13(21)8-12(20-15(22)24-16(2,3)4)10-6-9(17)7-11(18)14(10)19/h6-7,12H,5,8H2,1-4H3,(H,20,22)/t12-/m0/s1. The van der Waals surface area contributed by atoms with Gasteiger partial charge in [-0.2, -0.15) is 0 Å². The quantitative estimate of drug-likeness (QED) is 0.547. The van der Waals surface area contributed by atoms with Crippen molar-refractivity contribution in [2.45, 2.75) is 45.8 Å². The van der Waals surface area contributed by atoms with Gasteiger partial charge in [-0.3, -0.25) is 4.79 Å². The molecule has 134 valence electrons. The van der Waals surface area contributed by atoms with E-state index in [-0.39, 0.29) is 23.6 Å². The van der Waals surface area contributed by atoms with E-state index in [0.717, 1.165) is 0 Å². The third kappa shape index (κ3) is 6.65. The highest BCUT2D eigenvalue weighted by Crippen LogP contribution is 2.30. The molecule has 0 spiro atoms. The molecule has 0 radical (unpaired) electrons. The number of halogens is 3. The van der Waals surface area contributed by atoms with E-state index in [1.807, 2.05) is 0 Å². The lowest BCUT2D eigenvalue weighted by molar-refractivity contribution is -0.143. The van der Waals surface area contributed by atoms with Crippen molar-refractivity contribution in [3.05, 3.63) is 33.0 Å². The third-order valence-corrected chi connectivity index (χ3v) is 3.50. The molecular weight excluding hydrogens is 405 g/mol. The molecule has 0 saturated carbocycles. The molecule has 0 heterocycles. The zero-order valence-corrected chi connectivity index (χ0v) is 16.3. The number of alkyl carbamates (subject to hydrolysis) is 1. The van der Waals surface area contributed by atoms with Gasteiger partial charge in [-0.05, 0) is 39.8 Å². The number of carbonyl (C=O) groups is 2. The van der Waals surface area contributed by atoms with E-state index >= 15 is 0 Å². The van der Waals surface area contributed by atoms with E-state index in [4.69, 9.17) is 21.1 Å². The molecule has 0 aliphatic carbocycles. The van der Waals surface area contributed by atoms with Crippen LogP contribution in [0.1, 0.15) is 45.7 Å². The first-order valence-electron chi connectivity index (χ1n) is 7.33. The predicted octanol–water partition coefficient (Wildman–Crippen LogP) is 4.76. The number of amides is 1. The van der Waals surface area contributed by atoms with Crippen LogP contribution in [0.25, 0.3) is 0 Å². The Balaban J connectivity index is 3.10. The fourth-order valence-electron chi connectivity index (χ4n) is 1.90. The normalized spacial score (nSPS) is 12.5. The van der Waals surface area contributed by atoms with Crippen LogP contribution in [0.3, 0.4) is 0 Å². The zero-order valence-electron chi connectivity index (χ0n) is 13.9. The summed E-state index contributed by atoms with van der Waals surface area (Å²) in [5, 5.41) is 2.37. The summed E-state index contributed by atoms with van der Waals surface area (Å²) < 4.78 is 24.9. The molecular formula is C16H20BrClFNO4. The van der Waals surface area contributed by atoms with Gasteiger partial charge in [-0.1, -0.05) is 27.5 Å². The fourth-order valence-corrected chi connectivity index (χ4v) is 2.74. The smallest absolute Gasteiger partial charge is 0.408 e. The number of ether oxygens (including phenoxy) is 2. The lowest BCUT2D eigenvalue weighted by atomic mass is 10.0. The average molecular weight is 425 g/mol. The largest absolute Gasteiger partial charge is 0.466 e. The van der Waals surface area contributed by atoms with Gasteiger partial charge < -0.3 is 14.8 Å². The number of nitrogens with one attached hydrogen (secondary N) is 1. The van der Waals surface area contributed by atoms with Crippen LogP contribution in [-0.2, 0) is 14.3 Å². The van der Waals surface area contributed by atoms with Crippen molar-refractivity contribution in [2.24, 2.45) is 0 Å². The second-order valence-electron chi connectivity index (χ2n) is 6.00. The van der Waals surface area contributed by atoms with Crippen LogP contribution in [-0.4, -0.2) is 24.3 Å². The molecule has 0 saturated heterocycles. The minimum Gasteiger partial charge on any atom is -0.466 e. The summed E-state index contributed by atoms with van der Waals surface area (Å²) in [7, 11) is 0. The highest BCUT2D eigenvalue weighted by Gasteiger charge is 2.26. The Hall–Kier alpha value is -1.34. The maximum atomic E-state index is 14.4. The van der Waals surface area contributed by atoms with Gasteiger partial charge in [-0.25, -0.2) is 9.18 Å². The number of benzene rings is 1. The van der Waals surface area contributed by atoms with E-state index in [2.05, 4.69) is 21.2 Å². The first kappa shape index (κ1) is 20.7. The van der Waals surface area contributed by atoms with Crippen LogP contribution in [0.15, 0.2) is 16.6 Å². The minimum atomic E-state index is -0.978. The van der Waals surface area contributed by atoms with Gasteiger partial charge in [0.05, 0.1) is 24.1 Å². The summed E-state index contributed by atoms with van der Waals surface area (Å²) in [5.74, 6) is -1.29. The molecule has 0 unspecified atom stereocenters. The van der Waals surface area contributed by atoms with Crippen LogP contribution in [0.5, 0.6) is 0 Å². The van der Waals surface area contributed by atoms with Crippen molar-refractivity contribution in [1.29, 1.82) is 0 Å². The van der Waals surface area contributed by atoms with Gasteiger partial charge in [0.25, 0.3) is 0 Å². The summed E-state index contributed by atoms with van der Waals surface area (Å²) in [4.78, 5) is 23.8. The Morgan fingerprint density at radius 1 is 1.38 bits per heavy atom. The molecule has 0 bridgehead atoms. The molecule has 5 nitrogen and oxygen atoms in total. The van der Waals surface area contributed by atoms with Crippen LogP contribution in [0.2, 0.25) is 5.02 Å². The molecule has 0 fully saturated rings. The average Bonchev–Trinajstić information content (AvgIpc) is 2.40. The first-order valence-corrected chi connectivity index (χ1v) is 8.50. The van der Waals surface area contributed by atoms with Gasteiger partial charge in [0.2, 0.25) is 0 Å². The van der Waals surface area contributed by atoms with E-state index in [0.29, 0.717) is 4.47 Å². The lowest BCUT2D eigenvalue weighted by Gasteiger charge is -2.24. The monoisotopic (exact) mass is 423 g/mol. The maximum Gasteiger partial charge on any atom is 0.408 e. The number of hydrogen-bond acceptors (Lipinski definition) is 4. The first-order chi connectivity index (χ1) is 11.0. The molecule has 1 amide bonds. The predicted molar refractivity (Wildman–Crippen MR) is 92.5 cm³/mol. The Morgan fingerprint density at radius 2 is 2.00 bits per heavy atom.